The number of rotatable bonds is 3. The number of piperidine rings is 1. The second-order valence-corrected chi connectivity index (χ2v) is 9.73. The largest absolute Gasteiger partial charge is 0.444 e. The Morgan fingerprint density at radius 3 is 2.59 bits per heavy atom. The van der Waals surface area contributed by atoms with Crippen LogP contribution in [0.5, 0.6) is 0 Å². The van der Waals surface area contributed by atoms with Crippen molar-refractivity contribution >= 4 is 23.0 Å². The smallest absolute Gasteiger partial charge is 0.410 e. The first-order valence-electron chi connectivity index (χ1n) is 11.0. The number of carbonyl (C=O) groups excluding carboxylic acids is 2. The topological polar surface area (TPSA) is 126 Å². The van der Waals surface area contributed by atoms with Crippen molar-refractivity contribution in [1.29, 1.82) is 0 Å². The molecule has 2 aliphatic rings. The fourth-order valence-electron chi connectivity index (χ4n) is 3.93. The Hall–Kier alpha value is -3.17. The summed E-state index contributed by atoms with van der Waals surface area (Å²) in [4.78, 5) is 58.1. The first kappa shape index (κ1) is 22.0. The van der Waals surface area contributed by atoms with Crippen molar-refractivity contribution in [1.82, 2.24) is 24.8 Å². The number of nitrogens with zero attached hydrogens (tertiary/aromatic N) is 3. The maximum atomic E-state index is 13.0. The molecule has 2 aromatic rings. The minimum atomic E-state index is -0.593. The molecule has 32 heavy (non-hydrogen) atoms. The maximum absolute atomic E-state index is 13.0. The molecule has 0 bridgehead atoms. The second kappa shape index (κ2) is 8.07. The zero-order valence-corrected chi connectivity index (χ0v) is 18.8. The van der Waals surface area contributed by atoms with E-state index < -0.39 is 22.9 Å². The van der Waals surface area contributed by atoms with Crippen molar-refractivity contribution in [2.24, 2.45) is 5.92 Å². The van der Waals surface area contributed by atoms with Crippen molar-refractivity contribution < 1.29 is 14.3 Å². The summed E-state index contributed by atoms with van der Waals surface area (Å²) in [6, 6.07) is 1.24. The number of amides is 2. The number of ether oxygens (including phenoxy) is 1. The molecule has 2 atom stereocenters. The fraction of sp³-hybridized carbons (Fsp3) is 0.591. The number of aromatic nitrogens is 3. The van der Waals surface area contributed by atoms with E-state index in [-0.39, 0.29) is 34.9 Å². The van der Waals surface area contributed by atoms with Crippen LogP contribution in [-0.4, -0.2) is 56.2 Å². The third-order valence-electron chi connectivity index (χ3n) is 5.88. The normalized spacial score (nSPS) is 21.4. The molecule has 4 rings (SSSR count). The molecule has 0 unspecified atom stereocenters. The number of H-pyrrole nitrogens is 1. The van der Waals surface area contributed by atoms with Crippen LogP contribution in [-0.2, 0) is 4.74 Å². The second-order valence-electron chi connectivity index (χ2n) is 9.73. The van der Waals surface area contributed by atoms with Gasteiger partial charge < -0.3 is 15.0 Å². The van der Waals surface area contributed by atoms with Gasteiger partial charge in [0.15, 0.2) is 0 Å². The highest BCUT2D eigenvalue weighted by atomic mass is 16.6. The Balaban J connectivity index is 1.53. The monoisotopic (exact) mass is 443 g/mol. The van der Waals surface area contributed by atoms with Crippen LogP contribution in [0, 0.1) is 5.92 Å². The molecule has 1 saturated heterocycles. The Bertz CT molecular complexity index is 1170. The quantitative estimate of drug-likeness (QED) is 0.745. The van der Waals surface area contributed by atoms with Crippen LogP contribution in [0.2, 0.25) is 0 Å². The molecule has 0 spiro atoms. The average molecular weight is 444 g/mol. The van der Waals surface area contributed by atoms with Crippen LogP contribution < -0.4 is 16.6 Å². The molecule has 172 valence electrons. The number of pyridine rings is 1. The number of fused-ring (bicyclic) bond motifs is 1. The predicted octanol–water partition coefficient (Wildman–Crippen LogP) is 1.79. The van der Waals surface area contributed by atoms with E-state index >= 15 is 0 Å². The molecule has 2 fully saturated rings. The van der Waals surface area contributed by atoms with E-state index in [1.807, 2.05) is 27.7 Å². The number of aromatic amines is 1. The molecule has 1 aliphatic heterocycles. The highest BCUT2D eigenvalue weighted by molar-refractivity contribution is 5.97. The van der Waals surface area contributed by atoms with E-state index in [1.54, 1.807) is 4.90 Å². The van der Waals surface area contributed by atoms with Gasteiger partial charge in [-0.25, -0.2) is 14.6 Å². The third kappa shape index (κ3) is 4.53. The third-order valence-corrected chi connectivity index (χ3v) is 5.88. The van der Waals surface area contributed by atoms with Crippen LogP contribution in [0.15, 0.2) is 21.9 Å². The van der Waals surface area contributed by atoms with Crippen LogP contribution in [0.3, 0.4) is 0 Å². The SMILES string of the molecule is C[C@@H]1CCN(C(=O)OC(C)(C)C)C[C@H]1NC(=O)c1cnc2c(c1)c(=O)[nH]c(=O)n2C1CC1. The van der Waals surface area contributed by atoms with Gasteiger partial charge >= 0.3 is 11.8 Å². The van der Waals surface area contributed by atoms with E-state index in [0.29, 0.717) is 18.7 Å². The lowest BCUT2D eigenvalue weighted by molar-refractivity contribution is 0.0146. The van der Waals surface area contributed by atoms with Gasteiger partial charge in [0.25, 0.3) is 11.5 Å². The van der Waals surface area contributed by atoms with Crippen molar-refractivity contribution in [2.45, 2.75) is 64.6 Å². The van der Waals surface area contributed by atoms with Gasteiger partial charge in [-0.2, -0.15) is 0 Å². The molecular formula is C22H29N5O5. The summed E-state index contributed by atoms with van der Waals surface area (Å²) in [6.45, 7) is 8.36. The van der Waals surface area contributed by atoms with Crippen molar-refractivity contribution in [3.05, 3.63) is 38.7 Å². The number of hydrogen-bond donors (Lipinski definition) is 2. The predicted molar refractivity (Wildman–Crippen MR) is 118 cm³/mol. The summed E-state index contributed by atoms with van der Waals surface area (Å²) < 4.78 is 6.94. The molecule has 0 radical (unpaired) electrons. The van der Waals surface area contributed by atoms with E-state index in [0.717, 1.165) is 19.3 Å². The van der Waals surface area contributed by atoms with Crippen molar-refractivity contribution in [3.8, 4) is 0 Å². The van der Waals surface area contributed by atoms with E-state index in [9.17, 15) is 19.2 Å². The molecule has 10 nitrogen and oxygen atoms in total. The summed E-state index contributed by atoms with van der Waals surface area (Å²) in [7, 11) is 0. The van der Waals surface area contributed by atoms with E-state index in [2.05, 4.69) is 15.3 Å². The highest BCUT2D eigenvalue weighted by Crippen LogP contribution is 2.34. The maximum Gasteiger partial charge on any atom is 0.410 e. The zero-order chi connectivity index (χ0) is 23.2. The molecule has 1 saturated carbocycles. The van der Waals surface area contributed by atoms with Gasteiger partial charge in [0.1, 0.15) is 11.2 Å². The van der Waals surface area contributed by atoms with Crippen LogP contribution in [0.4, 0.5) is 4.79 Å². The number of likely N-dealkylation sites (tertiary alicyclic amines) is 1. The summed E-state index contributed by atoms with van der Waals surface area (Å²) in [5, 5.41) is 3.17. The Morgan fingerprint density at radius 1 is 1.22 bits per heavy atom. The summed E-state index contributed by atoms with van der Waals surface area (Å²) in [6.07, 6.45) is 3.43. The zero-order valence-electron chi connectivity index (χ0n) is 18.8. The Morgan fingerprint density at radius 2 is 1.94 bits per heavy atom. The van der Waals surface area contributed by atoms with Crippen molar-refractivity contribution in [3.63, 3.8) is 0 Å². The lowest BCUT2D eigenvalue weighted by Crippen LogP contribution is -2.54. The van der Waals surface area contributed by atoms with Gasteiger partial charge in [0.05, 0.1) is 10.9 Å². The van der Waals surface area contributed by atoms with Gasteiger partial charge in [-0.05, 0) is 52.0 Å². The lowest BCUT2D eigenvalue weighted by Gasteiger charge is -2.38. The Kier molecular flexibility index (Phi) is 5.56. The minimum absolute atomic E-state index is 0.0379. The lowest BCUT2D eigenvalue weighted by atomic mass is 9.93. The van der Waals surface area contributed by atoms with Crippen molar-refractivity contribution in [2.75, 3.05) is 13.1 Å². The fourth-order valence-corrected chi connectivity index (χ4v) is 3.93. The van der Waals surface area contributed by atoms with Crippen LogP contribution in [0.25, 0.3) is 11.0 Å². The molecule has 2 N–H and O–H groups in total. The first-order chi connectivity index (χ1) is 15.0. The standard InChI is InChI=1S/C22H29N5O5/c1-12-7-8-26(21(31)32-22(2,3)4)11-16(12)24-18(28)13-9-15-17(23-10-13)27(14-5-6-14)20(30)25-19(15)29/h9-10,12,14,16H,5-8,11H2,1-4H3,(H,24,28)(H,25,29,30)/t12-,16-/m1/s1. The summed E-state index contributed by atoms with van der Waals surface area (Å²) in [5.41, 5.74) is -1.12. The number of carbonyl (C=O) groups is 2. The van der Waals surface area contributed by atoms with Crippen LogP contribution in [0.1, 0.15) is 63.4 Å². The number of nitrogens with one attached hydrogen (secondary N) is 2. The molecule has 2 aromatic heterocycles. The first-order valence-corrected chi connectivity index (χ1v) is 11.0. The van der Waals surface area contributed by atoms with E-state index in [4.69, 9.17) is 4.74 Å². The molecular weight excluding hydrogens is 414 g/mol. The highest BCUT2D eigenvalue weighted by Gasteiger charge is 2.33. The minimum Gasteiger partial charge on any atom is -0.444 e. The van der Waals surface area contributed by atoms with Gasteiger partial charge in [-0.1, -0.05) is 6.92 Å². The average Bonchev–Trinajstić information content (AvgIpc) is 3.53. The summed E-state index contributed by atoms with van der Waals surface area (Å²) >= 11 is 0. The summed E-state index contributed by atoms with van der Waals surface area (Å²) in [5.74, 6) is -0.222. The van der Waals surface area contributed by atoms with Crippen LogP contribution >= 0.6 is 0 Å². The van der Waals surface area contributed by atoms with Gasteiger partial charge in [-0.3, -0.25) is 19.1 Å². The van der Waals surface area contributed by atoms with Gasteiger partial charge in [-0.15, -0.1) is 0 Å². The Labute approximate surface area is 185 Å². The molecule has 1 aliphatic carbocycles. The molecule has 10 heteroatoms. The molecule has 0 aromatic carbocycles. The number of hydrogen-bond acceptors (Lipinski definition) is 6. The molecule has 3 heterocycles. The van der Waals surface area contributed by atoms with Gasteiger partial charge in [0.2, 0.25) is 0 Å². The van der Waals surface area contributed by atoms with E-state index in [1.165, 1.54) is 16.8 Å². The molecule has 2 amide bonds. The van der Waals surface area contributed by atoms with Gasteiger partial charge in [0, 0.05) is 31.4 Å².